The van der Waals surface area contributed by atoms with Gasteiger partial charge in [-0.25, -0.2) is 4.39 Å². The van der Waals surface area contributed by atoms with Gasteiger partial charge in [-0.05, 0) is 30.4 Å². The van der Waals surface area contributed by atoms with Gasteiger partial charge in [0.1, 0.15) is 5.82 Å². The molecule has 1 heterocycles. The van der Waals surface area contributed by atoms with Crippen molar-refractivity contribution < 1.29 is 14.2 Å². The second-order valence-corrected chi connectivity index (χ2v) is 4.84. The van der Waals surface area contributed by atoms with Gasteiger partial charge in [-0.3, -0.25) is 0 Å². The molecule has 1 fully saturated rings. The first-order chi connectivity index (χ1) is 8.18. The Morgan fingerprint density at radius 3 is 2.82 bits per heavy atom. The fourth-order valence-electron chi connectivity index (χ4n) is 2.20. The van der Waals surface area contributed by atoms with Crippen LogP contribution >= 0.6 is 11.6 Å². The molecule has 0 aromatic heterocycles. The van der Waals surface area contributed by atoms with Crippen LogP contribution in [0, 0.1) is 11.7 Å². The first kappa shape index (κ1) is 12.8. The Hall–Kier alpha value is -0.640. The van der Waals surface area contributed by atoms with Crippen LogP contribution in [0.1, 0.15) is 18.4 Å². The van der Waals surface area contributed by atoms with E-state index in [4.69, 9.17) is 16.3 Å². The van der Waals surface area contributed by atoms with E-state index in [1.165, 1.54) is 6.07 Å². The second kappa shape index (κ2) is 5.80. The van der Waals surface area contributed by atoms with Crippen LogP contribution in [0.2, 0.25) is 5.02 Å². The van der Waals surface area contributed by atoms with E-state index < -0.39 is 11.9 Å². The maximum absolute atomic E-state index is 13.7. The fourth-order valence-corrected chi connectivity index (χ4v) is 2.39. The Bertz CT molecular complexity index is 378. The molecule has 1 N–H and O–H groups in total. The van der Waals surface area contributed by atoms with Crippen LogP contribution in [0.4, 0.5) is 4.39 Å². The first-order valence-electron chi connectivity index (χ1n) is 5.87. The third-order valence-electron chi connectivity index (χ3n) is 3.27. The van der Waals surface area contributed by atoms with Crippen molar-refractivity contribution in [2.45, 2.75) is 25.4 Å². The number of benzene rings is 1. The largest absolute Gasteiger partial charge is 0.392 e. The van der Waals surface area contributed by atoms with Crippen LogP contribution in [-0.2, 0) is 11.2 Å². The first-order valence-corrected chi connectivity index (χ1v) is 6.25. The third-order valence-corrected chi connectivity index (χ3v) is 3.56. The number of aliphatic hydroxyl groups is 1. The molecule has 1 atom stereocenters. The van der Waals surface area contributed by atoms with Crippen molar-refractivity contribution in [2.24, 2.45) is 5.92 Å². The molecule has 0 bridgehead atoms. The molecule has 17 heavy (non-hydrogen) atoms. The van der Waals surface area contributed by atoms with Crippen molar-refractivity contribution in [1.29, 1.82) is 0 Å². The molecule has 0 saturated carbocycles. The van der Waals surface area contributed by atoms with Crippen molar-refractivity contribution >= 4 is 11.6 Å². The summed E-state index contributed by atoms with van der Waals surface area (Å²) < 4.78 is 18.9. The Kier molecular flexibility index (Phi) is 4.37. The molecule has 2 rings (SSSR count). The molecule has 4 heteroatoms. The van der Waals surface area contributed by atoms with Gasteiger partial charge in [0.2, 0.25) is 0 Å². The minimum Gasteiger partial charge on any atom is -0.392 e. The van der Waals surface area contributed by atoms with Crippen molar-refractivity contribution in [3.63, 3.8) is 0 Å². The molecule has 94 valence electrons. The van der Waals surface area contributed by atoms with E-state index in [0.29, 0.717) is 25.2 Å². The Morgan fingerprint density at radius 1 is 1.41 bits per heavy atom. The summed E-state index contributed by atoms with van der Waals surface area (Å²) in [5, 5.41) is 10.2. The Morgan fingerprint density at radius 2 is 2.12 bits per heavy atom. The third kappa shape index (κ3) is 3.18. The van der Waals surface area contributed by atoms with Gasteiger partial charge in [0.25, 0.3) is 0 Å². The van der Waals surface area contributed by atoms with Crippen LogP contribution in [0.3, 0.4) is 0 Å². The second-order valence-electron chi connectivity index (χ2n) is 4.43. The summed E-state index contributed by atoms with van der Waals surface area (Å²) in [5.74, 6) is -0.220. The minimum absolute atomic E-state index is 0.113. The average molecular weight is 259 g/mol. The summed E-state index contributed by atoms with van der Waals surface area (Å²) in [6.07, 6.45) is 1.47. The standard InChI is InChI=1S/C13H16ClFO2/c14-11-3-1-2-10(13(11)15)8-12(16)9-4-6-17-7-5-9/h1-3,9,12,16H,4-8H2. The zero-order chi connectivity index (χ0) is 12.3. The van der Waals surface area contributed by atoms with E-state index in [2.05, 4.69) is 0 Å². The number of aliphatic hydroxyl groups excluding tert-OH is 1. The number of ether oxygens (including phenoxy) is 1. The minimum atomic E-state index is -0.521. The normalized spacial score (nSPS) is 19.2. The van der Waals surface area contributed by atoms with E-state index in [-0.39, 0.29) is 10.9 Å². The van der Waals surface area contributed by atoms with Gasteiger partial charge in [0.05, 0.1) is 11.1 Å². The predicted molar refractivity (Wildman–Crippen MR) is 64.7 cm³/mol. The molecule has 1 unspecified atom stereocenters. The summed E-state index contributed by atoms with van der Waals surface area (Å²) in [5.41, 5.74) is 0.483. The van der Waals surface area contributed by atoms with Crippen molar-refractivity contribution in [2.75, 3.05) is 13.2 Å². The lowest BCUT2D eigenvalue weighted by Crippen LogP contribution is -2.29. The van der Waals surface area contributed by atoms with E-state index in [9.17, 15) is 9.50 Å². The lowest BCUT2D eigenvalue weighted by molar-refractivity contribution is 0.00813. The predicted octanol–water partition coefficient (Wildman–Crippen LogP) is 2.81. The monoisotopic (exact) mass is 258 g/mol. The van der Waals surface area contributed by atoms with E-state index in [1.807, 2.05) is 0 Å². The topological polar surface area (TPSA) is 29.5 Å². The van der Waals surface area contributed by atoms with Crippen molar-refractivity contribution in [1.82, 2.24) is 0 Å². The quantitative estimate of drug-likeness (QED) is 0.903. The Labute approximate surface area is 105 Å². The van der Waals surface area contributed by atoms with Gasteiger partial charge in [0.15, 0.2) is 0 Å². The van der Waals surface area contributed by atoms with Crippen LogP contribution in [0.5, 0.6) is 0 Å². The van der Waals surface area contributed by atoms with Crippen molar-refractivity contribution in [3.05, 3.63) is 34.6 Å². The highest BCUT2D eigenvalue weighted by Crippen LogP contribution is 2.24. The van der Waals surface area contributed by atoms with Gasteiger partial charge in [-0.15, -0.1) is 0 Å². The van der Waals surface area contributed by atoms with E-state index in [1.54, 1.807) is 12.1 Å². The molecule has 2 nitrogen and oxygen atoms in total. The number of rotatable bonds is 3. The lowest BCUT2D eigenvalue weighted by atomic mass is 9.90. The zero-order valence-electron chi connectivity index (χ0n) is 9.53. The molecular weight excluding hydrogens is 243 g/mol. The average Bonchev–Trinajstić information content (AvgIpc) is 2.36. The molecule has 0 aliphatic carbocycles. The maximum atomic E-state index is 13.7. The molecule has 1 saturated heterocycles. The van der Waals surface area contributed by atoms with E-state index in [0.717, 1.165) is 12.8 Å². The summed E-state index contributed by atoms with van der Waals surface area (Å²) in [7, 11) is 0. The smallest absolute Gasteiger partial charge is 0.145 e. The molecule has 1 aromatic carbocycles. The van der Waals surface area contributed by atoms with Gasteiger partial charge >= 0.3 is 0 Å². The van der Waals surface area contributed by atoms with Gasteiger partial charge in [0, 0.05) is 19.6 Å². The lowest BCUT2D eigenvalue weighted by Gasteiger charge is -2.26. The summed E-state index contributed by atoms with van der Waals surface area (Å²) in [6, 6.07) is 4.89. The van der Waals surface area contributed by atoms with E-state index >= 15 is 0 Å². The molecule has 1 aliphatic heterocycles. The molecular formula is C13H16ClFO2. The van der Waals surface area contributed by atoms with Crippen molar-refractivity contribution in [3.8, 4) is 0 Å². The van der Waals surface area contributed by atoms with Crippen LogP contribution in [0.25, 0.3) is 0 Å². The molecule has 1 aliphatic rings. The molecule has 0 radical (unpaired) electrons. The number of hydrogen-bond donors (Lipinski definition) is 1. The molecule has 0 amide bonds. The summed E-state index contributed by atoms with van der Waals surface area (Å²) >= 11 is 5.71. The molecule has 1 aromatic rings. The van der Waals surface area contributed by atoms with Gasteiger partial charge < -0.3 is 9.84 Å². The SMILES string of the molecule is OC(Cc1cccc(Cl)c1F)C1CCOCC1. The summed E-state index contributed by atoms with van der Waals surface area (Å²) in [4.78, 5) is 0. The Balaban J connectivity index is 2.01. The van der Waals surface area contributed by atoms with Crippen LogP contribution in [-0.4, -0.2) is 24.4 Å². The fraction of sp³-hybridized carbons (Fsp3) is 0.538. The zero-order valence-corrected chi connectivity index (χ0v) is 10.3. The number of halogens is 2. The van der Waals surface area contributed by atoms with Crippen LogP contribution < -0.4 is 0 Å². The van der Waals surface area contributed by atoms with Crippen LogP contribution in [0.15, 0.2) is 18.2 Å². The highest BCUT2D eigenvalue weighted by atomic mass is 35.5. The maximum Gasteiger partial charge on any atom is 0.145 e. The van der Waals surface area contributed by atoms with Gasteiger partial charge in [-0.2, -0.15) is 0 Å². The summed E-state index contributed by atoms with van der Waals surface area (Å²) in [6.45, 7) is 1.36. The number of hydrogen-bond acceptors (Lipinski definition) is 2. The van der Waals surface area contributed by atoms with Gasteiger partial charge in [-0.1, -0.05) is 23.7 Å². The highest BCUT2D eigenvalue weighted by Gasteiger charge is 2.23. The molecule has 0 spiro atoms. The highest BCUT2D eigenvalue weighted by molar-refractivity contribution is 6.30.